The number of hydrogen-bond acceptors (Lipinski definition) is 4. The number of nitrogens with zero attached hydrogens (tertiary/aromatic N) is 2. The van der Waals surface area contributed by atoms with Crippen LogP contribution in [0, 0.1) is 6.92 Å². The van der Waals surface area contributed by atoms with E-state index in [4.69, 9.17) is 17.3 Å². The smallest absolute Gasteiger partial charge is 0.224 e. The summed E-state index contributed by atoms with van der Waals surface area (Å²) in [5.74, 6) is 0.587. The van der Waals surface area contributed by atoms with Gasteiger partial charge in [-0.25, -0.2) is 4.98 Å². The molecule has 0 atom stereocenters. The van der Waals surface area contributed by atoms with Gasteiger partial charge in [-0.1, -0.05) is 24.3 Å². The molecule has 2 aromatic rings. The summed E-state index contributed by atoms with van der Waals surface area (Å²) < 4.78 is 0. The number of nitrogen functional groups attached to an aromatic ring is 1. The quantitative estimate of drug-likeness (QED) is 0.832. The van der Waals surface area contributed by atoms with Gasteiger partial charge in [0.2, 0.25) is 5.28 Å². The van der Waals surface area contributed by atoms with Crippen LogP contribution >= 0.6 is 11.6 Å². The number of halogens is 1. The van der Waals surface area contributed by atoms with E-state index in [2.05, 4.69) is 34.3 Å². The van der Waals surface area contributed by atoms with Gasteiger partial charge in [-0.3, -0.25) is 0 Å². The molecule has 0 saturated heterocycles. The fourth-order valence-corrected chi connectivity index (χ4v) is 1.85. The van der Waals surface area contributed by atoms with Gasteiger partial charge in [0.25, 0.3) is 0 Å². The van der Waals surface area contributed by atoms with Crippen LogP contribution in [0.2, 0.25) is 5.28 Å². The van der Waals surface area contributed by atoms with E-state index in [9.17, 15) is 0 Å². The Kier molecular flexibility index (Phi) is 3.99. The summed E-state index contributed by atoms with van der Waals surface area (Å²) in [5, 5.41) is 3.37. The van der Waals surface area contributed by atoms with Crippen molar-refractivity contribution in [2.75, 3.05) is 17.6 Å². The van der Waals surface area contributed by atoms with E-state index >= 15 is 0 Å². The van der Waals surface area contributed by atoms with E-state index in [0.717, 1.165) is 13.0 Å². The van der Waals surface area contributed by atoms with Crippen molar-refractivity contribution in [3.63, 3.8) is 0 Å². The van der Waals surface area contributed by atoms with Crippen LogP contribution < -0.4 is 11.1 Å². The van der Waals surface area contributed by atoms with E-state index < -0.39 is 0 Å². The molecule has 18 heavy (non-hydrogen) atoms. The first-order valence-electron chi connectivity index (χ1n) is 5.73. The Hall–Kier alpha value is -1.81. The van der Waals surface area contributed by atoms with Gasteiger partial charge in [0, 0.05) is 6.54 Å². The van der Waals surface area contributed by atoms with Crippen LogP contribution in [-0.2, 0) is 6.42 Å². The van der Waals surface area contributed by atoms with Gasteiger partial charge >= 0.3 is 0 Å². The Morgan fingerprint density at radius 3 is 2.89 bits per heavy atom. The molecule has 0 bridgehead atoms. The van der Waals surface area contributed by atoms with Gasteiger partial charge in [-0.2, -0.15) is 4.98 Å². The molecule has 0 aliphatic carbocycles. The molecule has 0 fully saturated rings. The van der Waals surface area contributed by atoms with Crippen LogP contribution in [0.15, 0.2) is 30.5 Å². The van der Waals surface area contributed by atoms with E-state index in [-0.39, 0.29) is 5.28 Å². The summed E-state index contributed by atoms with van der Waals surface area (Å²) in [6.45, 7) is 2.85. The Balaban J connectivity index is 1.96. The number of nitrogens with one attached hydrogen (secondary N) is 1. The molecule has 0 aliphatic heterocycles. The molecule has 0 amide bonds. The molecule has 1 heterocycles. The van der Waals surface area contributed by atoms with Crippen molar-refractivity contribution in [3.8, 4) is 0 Å². The zero-order chi connectivity index (χ0) is 13.0. The zero-order valence-electron chi connectivity index (χ0n) is 10.2. The number of aromatic nitrogens is 2. The average Bonchev–Trinajstić information content (AvgIpc) is 2.36. The molecule has 4 nitrogen and oxygen atoms in total. The molecule has 0 spiro atoms. The van der Waals surface area contributed by atoms with Crippen molar-refractivity contribution in [2.24, 2.45) is 0 Å². The second-order valence-corrected chi connectivity index (χ2v) is 4.38. The zero-order valence-corrected chi connectivity index (χ0v) is 10.9. The van der Waals surface area contributed by atoms with Crippen molar-refractivity contribution in [1.82, 2.24) is 9.97 Å². The van der Waals surface area contributed by atoms with E-state index in [0.29, 0.717) is 11.5 Å². The fourth-order valence-electron chi connectivity index (χ4n) is 1.72. The summed E-state index contributed by atoms with van der Waals surface area (Å²) >= 11 is 5.72. The highest BCUT2D eigenvalue weighted by Crippen LogP contribution is 2.16. The van der Waals surface area contributed by atoms with Crippen LogP contribution in [0.25, 0.3) is 0 Å². The van der Waals surface area contributed by atoms with Gasteiger partial charge in [-0.15, -0.1) is 0 Å². The van der Waals surface area contributed by atoms with Crippen molar-refractivity contribution in [2.45, 2.75) is 13.3 Å². The van der Waals surface area contributed by atoms with Crippen LogP contribution in [0.5, 0.6) is 0 Å². The SMILES string of the molecule is Cc1ccccc1CCNc1nc(Cl)ncc1N. The molecule has 2 rings (SSSR count). The number of aryl methyl sites for hydroxylation is 1. The third kappa shape index (κ3) is 3.11. The van der Waals surface area contributed by atoms with Gasteiger partial charge in [0.15, 0.2) is 5.82 Å². The number of nitrogens with two attached hydrogens (primary N) is 1. The monoisotopic (exact) mass is 262 g/mol. The summed E-state index contributed by atoms with van der Waals surface area (Å²) in [7, 11) is 0. The molecule has 1 aromatic carbocycles. The van der Waals surface area contributed by atoms with E-state index in [1.165, 1.54) is 17.3 Å². The van der Waals surface area contributed by atoms with E-state index in [1.807, 2.05) is 12.1 Å². The average molecular weight is 263 g/mol. The Morgan fingerprint density at radius 2 is 2.11 bits per heavy atom. The minimum Gasteiger partial charge on any atom is -0.394 e. The number of anilines is 2. The first-order chi connectivity index (χ1) is 8.66. The Morgan fingerprint density at radius 1 is 1.33 bits per heavy atom. The summed E-state index contributed by atoms with van der Waals surface area (Å²) in [4.78, 5) is 7.85. The minimum absolute atomic E-state index is 0.197. The van der Waals surface area contributed by atoms with Gasteiger partial charge in [-0.05, 0) is 36.1 Å². The van der Waals surface area contributed by atoms with Crippen LogP contribution in [0.4, 0.5) is 11.5 Å². The second-order valence-electron chi connectivity index (χ2n) is 4.05. The second kappa shape index (κ2) is 5.69. The first-order valence-corrected chi connectivity index (χ1v) is 6.11. The topological polar surface area (TPSA) is 63.8 Å². The van der Waals surface area contributed by atoms with Crippen molar-refractivity contribution < 1.29 is 0 Å². The maximum atomic E-state index is 5.75. The highest BCUT2D eigenvalue weighted by atomic mass is 35.5. The summed E-state index contributed by atoms with van der Waals surface area (Å²) in [6.07, 6.45) is 2.42. The van der Waals surface area contributed by atoms with Crippen molar-refractivity contribution >= 4 is 23.1 Å². The number of benzene rings is 1. The molecule has 1 aromatic heterocycles. The van der Waals surface area contributed by atoms with Gasteiger partial charge in [0.1, 0.15) is 0 Å². The normalized spacial score (nSPS) is 10.3. The molecular formula is C13H15ClN4. The van der Waals surface area contributed by atoms with E-state index in [1.54, 1.807) is 0 Å². The molecular weight excluding hydrogens is 248 g/mol. The molecule has 0 radical (unpaired) electrons. The molecule has 3 N–H and O–H groups in total. The lowest BCUT2D eigenvalue weighted by atomic mass is 10.1. The molecule has 0 aliphatic rings. The fraction of sp³-hybridized carbons (Fsp3) is 0.231. The van der Waals surface area contributed by atoms with Gasteiger partial charge < -0.3 is 11.1 Å². The van der Waals surface area contributed by atoms with Crippen LogP contribution in [-0.4, -0.2) is 16.5 Å². The predicted octanol–water partition coefficient (Wildman–Crippen LogP) is 2.68. The summed E-state index contributed by atoms with van der Waals surface area (Å²) in [5.41, 5.74) is 8.85. The minimum atomic E-state index is 0.197. The first kappa shape index (κ1) is 12.6. The molecule has 0 unspecified atom stereocenters. The van der Waals surface area contributed by atoms with Crippen molar-refractivity contribution in [1.29, 1.82) is 0 Å². The highest BCUT2D eigenvalue weighted by molar-refractivity contribution is 6.28. The van der Waals surface area contributed by atoms with Crippen LogP contribution in [0.1, 0.15) is 11.1 Å². The maximum absolute atomic E-state index is 5.75. The lowest BCUT2D eigenvalue weighted by molar-refractivity contribution is 0.989. The third-order valence-electron chi connectivity index (χ3n) is 2.74. The third-order valence-corrected chi connectivity index (χ3v) is 2.92. The lowest BCUT2D eigenvalue weighted by Gasteiger charge is -2.09. The number of hydrogen-bond donors (Lipinski definition) is 2. The largest absolute Gasteiger partial charge is 0.394 e. The van der Waals surface area contributed by atoms with Gasteiger partial charge in [0.05, 0.1) is 11.9 Å². The standard InChI is InChI=1S/C13H15ClN4/c1-9-4-2-3-5-10(9)6-7-16-12-11(15)8-17-13(14)18-12/h2-5,8H,6-7,15H2,1H3,(H,16,17,18). The maximum Gasteiger partial charge on any atom is 0.224 e. The Bertz CT molecular complexity index is 542. The Labute approximate surface area is 111 Å². The van der Waals surface area contributed by atoms with Crippen LogP contribution in [0.3, 0.4) is 0 Å². The lowest BCUT2D eigenvalue weighted by Crippen LogP contribution is -2.09. The number of rotatable bonds is 4. The highest BCUT2D eigenvalue weighted by Gasteiger charge is 2.03. The summed E-state index contributed by atoms with van der Waals surface area (Å²) in [6, 6.07) is 8.30. The van der Waals surface area contributed by atoms with Crippen molar-refractivity contribution in [3.05, 3.63) is 46.9 Å². The molecule has 5 heteroatoms. The molecule has 0 saturated carbocycles. The predicted molar refractivity (Wildman–Crippen MR) is 74.8 cm³/mol. The molecule has 94 valence electrons.